The molecular weight excluding hydrogens is 297 g/mol. The number of aromatic nitrogens is 2. The molecule has 1 aliphatic heterocycles. The highest BCUT2D eigenvalue weighted by Gasteiger charge is 2.23. The predicted molar refractivity (Wildman–Crippen MR) is 86.1 cm³/mol. The Morgan fingerprint density at radius 1 is 1.27 bits per heavy atom. The average Bonchev–Trinajstić information content (AvgIpc) is 3.17. The Balaban J connectivity index is 1.64. The minimum atomic E-state index is -0.216. The van der Waals surface area contributed by atoms with Gasteiger partial charge in [0.2, 0.25) is 0 Å². The molecule has 0 fully saturated rings. The first-order chi connectivity index (χ1) is 10.8. The molecule has 1 N–H and O–H groups in total. The Labute approximate surface area is 132 Å². The number of benzene rings is 1. The van der Waals surface area contributed by atoms with Crippen LogP contribution in [-0.4, -0.2) is 21.6 Å². The Morgan fingerprint density at radius 3 is 3.00 bits per heavy atom. The van der Waals surface area contributed by atoms with Crippen molar-refractivity contribution in [1.29, 1.82) is 0 Å². The summed E-state index contributed by atoms with van der Waals surface area (Å²) in [5.74, 6) is -0.216. The van der Waals surface area contributed by atoms with Crippen LogP contribution >= 0.6 is 11.3 Å². The van der Waals surface area contributed by atoms with Crippen LogP contribution in [0.4, 0.5) is 4.39 Å². The number of nitrogens with one attached hydrogen (secondary N) is 1. The van der Waals surface area contributed by atoms with Crippen molar-refractivity contribution in [1.82, 2.24) is 15.1 Å². The number of halogens is 1. The molecule has 22 heavy (non-hydrogen) atoms. The van der Waals surface area contributed by atoms with Crippen LogP contribution in [0.3, 0.4) is 0 Å². The van der Waals surface area contributed by atoms with Gasteiger partial charge in [0.15, 0.2) is 0 Å². The molecule has 2 aromatic heterocycles. The summed E-state index contributed by atoms with van der Waals surface area (Å²) in [7, 11) is 0. The second-order valence-electron chi connectivity index (χ2n) is 5.60. The first-order valence-corrected chi connectivity index (χ1v) is 8.30. The van der Waals surface area contributed by atoms with Crippen molar-refractivity contribution in [2.75, 3.05) is 6.54 Å². The first-order valence-electron chi connectivity index (χ1n) is 7.35. The minimum Gasteiger partial charge on any atom is -0.294 e. The molecule has 0 radical (unpaired) electrons. The standard InChI is InChI=1S/C17H16FN3S/c18-15-4-2-1-3-13(15)17-14-10-21(7-5-16(14)19-20-17)9-12-6-8-22-11-12/h1-4,6,8,11H,5,7,9-10H2,(H,19,20). The fourth-order valence-electron chi connectivity index (χ4n) is 3.00. The lowest BCUT2D eigenvalue weighted by atomic mass is 10.0. The van der Waals surface area contributed by atoms with E-state index < -0.39 is 0 Å². The number of H-pyrrole nitrogens is 1. The van der Waals surface area contributed by atoms with Gasteiger partial charge in [-0.2, -0.15) is 16.4 Å². The lowest BCUT2D eigenvalue weighted by molar-refractivity contribution is 0.245. The van der Waals surface area contributed by atoms with E-state index in [2.05, 4.69) is 31.9 Å². The monoisotopic (exact) mass is 313 g/mol. The van der Waals surface area contributed by atoms with Crippen LogP contribution < -0.4 is 0 Å². The van der Waals surface area contributed by atoms with Crippen molar-refractivity contribution in [3.8, 4) is 11.3 Å². The number of hydrogen-bond acceptors (Lipinski definition) is 3. The van der Waals surface area contributed by atoms with Gasteiger partial charge in [0.25, 0.3) is 0 Å². The van der Waals surface area contributed by atoms with Gasteiger partial charge in [0.1, 0.15) is 5.82 Å². The van der Waals surface area contributed by atoms with E-state index >= 15 is 0 Å². The summed E-state index contributed by atoms with van der Waals surface area (Å²) in [5, 5.41) is 11.7. The van der Waals surface area contributed by atoms with Crippen LogP contribution in [0.1, 0.15) is 16.8 Å². The quantitative estimate of drug-likeness (QED) is 0.797. The molecule has 0 atom stereocenters. The number of thiophene rings is 1. The summed E-state index contributed by atoms with van der Waals surface area (Å²) < 4.78 is 14.1. The molecule has 0 spiro atoms. The van der Waals surface area contributed by atoms with Gasteiger partial charge < -0.3 is 0 Å². The maximum atomic E-state index is 14.1. The van der Waals surface area contributed by atoms with Crippen LogP contribution in [0, 0.1) is 5.82 Å². The largest absolute Gasteiger partial charge is 0.294 e. The lowest BCUT2D eigenvalue weighted by Crippen LogP contribution is -2.29. The van der Waals surface area contributed by atoms with E-state index in [9.17, 15) is 4.39 Å². The second-order valence-corrected chi connectivity index (χ2v) is 6.38. The Hall–Kier alpha value is -1.98. The summed E-state index contributed by atoms with van der Waals surface area (Å²) in [6, 6.07) is 9.01. The van der Waals surface area contributed by atoms with Gasteiger partial charge in [-0.25, -0.2) is 4.39 Å². The normalized spacial score (nSPS) is 15.0. The number of fused-ring (bicyclic) bond motifs is 1. The minimum absolute atomic E-state index is 0.216. The zero-order valence-corrected chi connectivity index (χ0v) is 12.9. The zero-order chi connectivity index (χ0) is 14.9. The van der Waals surface area contributed by atoms with Crippen molar-refractivity contribution in [2.45, 2.75) is 19.5 Å². The summed E-state index contributed by atoms with van der Waals surface area (Å²) in [4.78, 5) is 2.39. The van der Waals surface area contributed by atoms with Crippen molar-refractivity contribution < 1.29 is 4.39 Å². The molecule has 0 unspecified atom stereocenters. The van der Waals surface area contributed by atoms with Crippen molar-refractivity contribution >= 4 is 11.3 Å². The lowest BCUT2D eigenvalue weighted by Gasteiger charge is -2.26. The third kappa shape index (κ3) is 2.46. The summed E-state index contributed by atoms with van der Waals surface area (Å²) in [5.41, 5.74) is 4.94. The molecule has 3 nitrogen and oxygen atoms in total. The van der Waals surface area contributed by atoms with Gasteiger partial charge in [-0.05, 0) is 34.5 Å². The first kappa shape index (κ1) is 13.7. The zero-order valence-electron chi connectivity index (χ0n) is 12.1. The molecule has 4 rings (SSSR count). The number of aromatic amines is 1. The third-order valence-electron chi connectivity index (χ3n) is 4.13. The molecule has 5 heteroatoms. The Morgan fingerprint density at radius 2 is 2.18 bits per heavy atom. The van der Waals surface area contributed by atoms with Crippen LogP contribution in [0.5, 0.6) is 0 Å². The molecule has 0 saturated heterocycles. The predicted octanol–water partition coefficient (Wildman–Crippen LogP) is 3.84. The maximum Gasteiger partial charge on any atom is 0.132 e. The van der Waals surface area contributed by atoms with Crippen LogP contribution in [0.15, 0.2) is 41.1 Å². The van der Waals surface area contributed by atoms with Crippen molar-refractivity contribution in [3.63, 3.8) is 0 Å². The van der Waals surface area contributed by atoms with E-state index in [-0.39, 0.29) is 5.82 Å². The average molecular weight is 313 g/mol. The fourth-order valence-corrected chi connectivity index (χ4v) is 3.66. The third-order valence-corrected chi connectivity index (χ3v) is 4.86. The summed E-state index contributed by atoms with van der Waals surface area (Å²) in [6.45, 7) is 2.75. The molecule has 3 heterocycles. The van der Waals surface area contributed by atoms with Crippen LogP contribution in [0.2, 0.25) is 0 Å². The number of nitrogens with zero attached hydrogens (tertiary/aromatic N) is 2. The highest BCUT2D eigenvalue weighted by molar-refractivity contribution is 7.07. The van der Waals surface area contributed by atoms with E-state index in [0.717, 1.165) is 43.0 Å². The summed E-state index contributed by atoms with van der Waals surface area (Å²) >= 11 is 1.72. The maximum absolute atomic E-state index is 14.1. The number of hydrogen-bond donors (Lipinski definition) is 1. The highest BCUT2D eigenvalue weighted by atomic mass is 32.1. The van der Waals surface area contributed by atoms with Gasteiger partial charge in [0.05, 0.1) is 5.69 Å². The molecule has 0 bridgehead atoms. The van der Waals surface area contributed by atoms with Crippen LogP contribution in [0.25, 0.3) is 11.3 Å². The van der Waals surface area contributed by atoms with Gasteiger partial charge in [0, 0.05) is 42.9 Å². The summed E-state index contributed by atoms with van der Waals surface area (Å²) in [6.07, 6.45) is 0.931. The molecule has 0 aliphatic carbocycles. The van der Waals surface area contributed by atoms with E-state index in [1.165, 1.54) is 11.6 Å². The van der Waals surface area contributed by atoms with Crippen LogP contribution in [-0.2, 0) is 19.5 Å². The van der Waals surface area contributed by atoms with Crippen molar-refractivity contribution in [2.24, 2.45) is 0 Å². The van der Waals surface area contributed by atoms with Gasteiger partial charge >= 0.3 is 0 Å². The van der Waals surface area contributed by atoms with E-state index in [1.54, 1.807) is 23.5 Å². The topological polar surface area (TPSA) is 31.9 Å². The van der Waals surface area contributed by atoms with E-state index in [4.69, 9.17) is 0 Å². The van der Waals surface area contributed by atoms with Gasteiger partial charge in [-0.1, -0.05) is 12.1 Å². The molecular formula is C17H16FN3S. The fraction of sp³-hybridized carbons (Fsp3) is 0.235. The van der Waals surface area contributed by atoms with Gasteiger partial charge in [-0.3, -0.25) is 10.00 Å². The molecule has 112 valence electrons. The molecule has 0 amide bonds. The van der Waals surface area contributed by atoms with Gasteiger partial charge in [-0.15, -0.1) is 0 Å². The molecule has 1 aliphatic rings. The number of rotatable bonds is 3. The highest BCUT2D eigenvalue weighted by Crippen LogP contribution is 2.30. The van der Waals surface area contributed by atoms with E-state index in [1.807, 2.05) is 6.07 Å². The second kappa shape index (κ2) is 5.66. The Bertz CT molecular complexity index is 779. The van der Waals surface area contributed by atoms with E-state index in [0.29, 0.717) is 5.56 Å². The Kier molecular flexibility index (Phi) is 3.52. The molecule has 3 aromatic rings. The smallest absolute Gasteiger partial charge is 0.132 e. The molecule has 0 saturated carbocycles. The van der Waals surface area contributed by atoms with Crippen molar-refractivity contribution in [3.05, 3.63) is 63.7 Å². The molecule has 1 aromatic carbocycles. The SMILES string of the molecule is Fc1ccccc1-c1n[nH]c2c1CN(Cc1ccsc1)CC2.